The van der Waals surface area contributed by atoms with E-state index in [9.17, 15) is 0 Å². The number of thioether (sulfide) groups is 1. The molecule has 0 fully saturated rings. The van der Waals surface area contributed by atoms with Gasteiger partial charge in [-0.2, -0.15) is 4.98 Å². The van der Waals surface area contributed by atoms with Gasteiger partial charge in [0.05, 0.1) is 32.6 Å². The highest BCUT2D eigenvalue weighted by atomic mass is 32.2. The van der Waals surface area contributed by atoms with Crippen molar-refractivity contribution >= 4 is 11.8 Å². The average Bonchev–Trinajstić information content (AvgIpc) is 3.52. The highest BCUT2D eigenvalue weighted by Gasteiger charge is 2.18. The molecule has 0 saturated heterocycles. The normalized spacial score (nSPS) is 10.9. The highest BCUT2D eigenvalue weighted by molar-refractivity contribution is 7.98. The van der Waals surface area contributed by atoms with Gasteiger partial charge in [0.2, 0.25) is 11.7 Å². The van der Waals surface area contributed by atoms with Gasteiger partial charge in [-0.25, -0.2) is 0 Å². The van der Waals surface area contributed by atoms with Crippen molar-refractivity contribution in [2.24, 2.45) is 0 Å². The van der Waals surface area contributed by atoms with E-state index < -0.39 is 0 Å². The average molecular weight is 482 g/mol. The zero-order valence-electron chi connectivity index (χ0n) is 19.6. The molecule has 0 amide bonds. The summed E-state index contributed by atoms with van der Waals surface area (Å²) in [6.07, 6.45) is 2.10. The Hall–Kier alpha value is -3.53. The van der Waals surface area contributed by atoms with Gasteiger partial charge < -0.3 is 23.3 Å². The van der Waals surface area contributed by atoms with Crippen molar-refractivity contribution in [3.8, 4) is 40.0 Å². The fourth-order valence-corrected chi connectivity index (χ4v) is 4.20. The molecule has 2 aromatic heterocycles. The number of unbranched alkanes of at least 4 members (excludes halogenated alkanes) is 1. The Kier molecular flexibility index (Phi) is 7.69. The van der Waals surface area contributed by atoms with E-state index >= 15 is 0 Å². The summed E-state index contributed by atoms with van der Waals surface area (Å²) < 4.78 is 23.6. The van der Waals surface area contributed by atoms with Crippen LogP contribution >= 0.6 is 11.8 Å². The number of ether oxygens (including phenoxy) is 3. The molecule has 0 N–H and O–H groups in total. The summed E-state index contributed by atoms with van der Waals surface area (Å²) in [6.45, 7) is 2.99. The fraction of sp³-hybridized carbons (Fsp3) is 0.333. The van der Waals surface area contributed by atoms with Crippen LogP contribution in [0.4, 0.5) is 0 Å². The summed E-state index contributed by atoms with van der Waals surface area (Å²) in [5, 5.41) is 13.8. The second-order valence-electron chi connectivity index (χ2n) is 7.41. The minimum Gasteiger partial charge on any atom is -0.497 e. The molecular formula is C24H27N5O4S. The van der Waals surface area contributed by atoms with Crippen LogP contribution in [0.25, 0.3) is 22.8 Å². The predicted molar refractivity (Wildman–Crippen MR) is 129 cm³/mol. The smallest absolute Gasteiger partial charge is 0.237 e. The van der Waals surface area contributed by atoms with Crippen LogP contribution < -0.4 is 14.2 Å². The summed E-state index contributed by atoms with van der Waals surface area (Å²) in [5.41, 5.74) is 1.72. The highest BCUT2D eigenvalue weighted by Crippen LogP contribution is 2.33. The molecule has 0 aliphatic heterocycles. The summed E-state index contributed by atoms with van der Waals surface area (Å²) in [4.78, 5) is 4.54. The van der Waals surface area contributed by atoms with Crippen molar-refractivity contribution < 1.29 is 18.7 Å². The Balaban J connectivity index is 1.53. The second kappa shape index (κ2) is 11.1. The number of methoxy groups -OCH3 is 3. The van der Waals surface area contributed by atoms with E-state index in [1.807, 2.05) is 36.4 Å². The van der Waals surface area contributed by atoms with Crippen LogP contribution in [0, 0.1) is 0 Å². The molecule has 4 rings (SSSR count). The van der Waals surface area contributed by atoms with Crippen molar-refractivity contribution in [2.75, 3.05) is 21.3 Å². The zero-order chi connectivity index (χ0) is 23.9. The van der Waals surface area contributed by atoms with Crippen molar-refractivity contribution in [2.45, 2.75) is 37.2 Å². The van der Waals surface area contributed by atoms with Gasteiger partial charge in [-0.3, -0.25) is 0 Å². The summed E-state index contributed by atoms with van der Waals surface area (Å²) in [5.74, 6) is 4.36. The third-order valence-corrected chi connectivity index (χ3v) is 6.19. The Morgan fingerprint density at radius 2 is 1.71 bits per heavy atom. The van der Waals surface area contributed by atoms with E-state index in [1.54, 1.807) is 27.4 Å². The van der Waals surface area contributed by atoms with Gasteiger partial charge >= 0.3 is 0 Å². The molecule has 4 aromatic rings. The third-order valence-electron chi connectivity index (χ3n) is 5.24. The van der Waals surface area contributed by atoms with Gasteiger partial charge in [-0.1, -0.05) is 30.3 Å². The van der Waals surface area contributed by atoms with E-state index in [2.05, 4.69) is 31.8 Å². The van der Waals surface area contributed by atoms with E-state index in [0.29, 0.717) is 29.0 Å². The molecule has 2 aromatic carbocycles. The van der Waals surface area contributed by atoms with Crippen LogP contribution in [-0.2, 0) is 12.3 Å². The fourth-order valence-electron chi connectivity index (χ4n) is 3.40. The maximum Gasteiger partial charge on any atom is 0.237 e. The van der Waals surface area contributed by atoms with Crippen LogP contribution in [0.2, 0.25) is 0 Å². The minimum absolute atomic E-state index is 0.460. The summed E-state index contributed by atoms with van der Waals surface area (Å²) >= 11 is 1.52. The lowest BCUT2D eigenvalue weighted by Gasteiger charge is -2.09. The molecule has 10 heteroatoms. The quantitative estimate of drug-likeness (QED) is 0.271. The van der Waals surface area contributed by atoms with E-state index in [0.717, 1.165) is 47.2 Å². The molecule has 0 aliphatic carbocycles. The maximum absolute atomic E-state index is 5.49. The molecule has 0 bridgehead atoms. The molecule has 9 nitrogen and oxygen atoms in total. The van der Waals surface area contributed by atoms with E-state index in [4.69, 9.17) is 18.7 Å². The van der Waals surface area contributed by atoms with Crippen molar-refractivity contribution in [3.63, 3.8) is 0 Å². The standard InChI is InChI=1S/C24H27N5O4S/c1-5-6-13-29-23(16-7-9-17(30-2)10-8-16)26-27-24(29)34-15-21-25-22(28-33-21)19-12-11-18(31-3)14-20(19)32-4/h7-12,14H,5-6,13,15H2,1-4H3. The van der Waals surface area contributed by atoms with Gasteiger partial charge in [-0.05, 0) is 42.8 Å². The SMILES string of the molecule is CCCCn1c(SCc2nc(-c3ccc(OC)cc3OC)no2)nnc1-c1ccc(OC)cc1. The molecule has 0 radical (unpaired) electrons. The third kappa shape index (κ3) is 5.17. The van der Waals surface area contributed by atoms with Crippen molar-refractivity contribution in [1.29, 1.82) is 0 Å². The number of aromatic nitrogens is 5. The van der Waals surface area contributed by atoms with Crippen molar-refractivity contribution in [1.82, 2.24) is 24.9 Å². The largest absolute Gasteiger partial charge is 0.497 e. The predicted octanol–water partition coefficient (Wildman–Crippen LogP) is 5.11. The second-order valence-corrected chi connectivity index (χ2v) is 8.35. The molecule has 0 saturated carbocycles. The Morgan fingerprint density at radius 1 is 0.941 bits per heavy atom. The molecular weight excluding hydrogens is 454 g/mol. The molecule has 0 aliphatic rings. The van der Waals surface area contributed by atoms with Crippen LogP contribution in [-0.4, -0.2) is 46.2 Å². The first kappa shape index (κ1) is 23.6. The first-order valence-corrected chi connectivity index (χ1v) is 11.9. The lowest BCUT2D eigenvalue weighted by atomic mass is 10.2. The Morgan fingerprint density at radius 3 is 2.41 bits per heavy atom. The molecule has 0 spiro atoms. The first-order chi connectivity index (χ1) is 16.7. The first-order valence-electron chi connectivity index (χ1n) is 10.9. The van der Waals surface area contributed by atoms with Crippen LogP contribution in [0.1, 0.15) is 25.7 Å². The Bertz CT molecular complexity index is 1220. The van der Waals surface area contributed by atoms with Gasteiger partial charge in [0, 0.05) is 18.2 Å². The molecule has 2 heterocycles. The van der Waals surface area contributed by atoms with E-state index in [-0.39, 0.29) is 0 Å². The lowest BCUT2D eigenvalue weighted by Crippen LogP contribution is -2.03. The van der Waals surface area contributed by atoms with Gasteiger partial charge in [0.15, 0.2) is 11.0 Å². The lowest BCUT2D eigenvalue weighted by molar-refractivity contribution is 0.388. The number of nitrogens with zero attached hydrogens (tertiary/aromatic N) is 5. The summed E-state index contributed by atoms with van der Waals surface area (Å²) in [7, 11) is 4.86. The number of rotatable bonds is 11. The number of hydrogen-bond acceptors (Lipinski definition) is 9. The molecule has 0 atom stereocenters. The van der Waals surface area contributed by atoms with Crippen LogP contribution in [0.15, 0.2) is 52.1 Å². The zero-order valence-corrected chi connectivity index (χ0v) is 20.5. The van der Waals surface area contributed by atoms with E-state index in [1.165, 1.54) is 11.8 Å². The number of hydrogen-bond donors (Lipinski definition) is 0. The van der Waals surface area contributed by atoms with Gasteiger partial charge in [0.25, 0.3) is 0 Å². The van der Waals surface area contributed by atoms with Gasteiger partial charge in [-0.15, -0.1) is 10.2 Å². The monoisotopic (exact) mass is 481 g/mol. The minimum atomic E-state index is 0.460. The molecule has 34 heavy (non-hydrogen) atoms. The van der Waals surface area contributed by atoms with Crippen molar-refractivity contribution in [3.05, 3.63) is 48.4 Å². The van der Waals surface area contributed by atoms with Crippen LogP contribution in [0.3, 0.4) is 0 Å². The Labute approximate surface area is 202 Å². The summed E-state index contributed by atoms with van der Waals surface area (Å²) in [6, 6.07) is 13.3. The number of benzene rings is 2. The molecule has 178 valence electrons. The molecule has 0 unspecified atom stereocenters. The van der Waals surface area contributed by atoms with Gasteiger partial charge in [0.1, 0.15) is 17.2 Å². The van der Waals surface area contributed by atoms with Crippen LogP contribution in [0.5, 0.6) is 17.2 Å². The topological polar surface area (TPSA) is 97.3 Å². The maximum atomic E-state index is 5.49.